The molecule has 0 aliphatic heterocycles. The van der Waals surface area contributed by atoms with Crippen LogP contribution in [-0.2, 0) is 4.74 Å². The predicted octanol–water partition coefficient (Wildman–Crippen LogP) is 2.60. The van der Waals surface area contributed by atoms with Crippen molar-refractivity contribution in [2.45, 2.75) is 45.1 Å². The molecule has 0 saturated heterocycles. The Bertz CT molecular complexity index is 117. The molecule has 2 unspecified atom stereocenters. The first-order chi connectivity index (χ1) is 5.42. The van der Waals surface area contributed by atoms with Gasteiger partial charge >= 0.3 is 0 Å². The molecule has 0 N–H and O–H groups in total. The van der Waals surface area contributed by atoms with E-state index in [4.69, 9.17) is 4.74 Å². The van der Waals surface area contributed by atoms with Gasteiger partial charge in [0, 0.05) is 6.61 Å². The van der Waals surface area contributed by atoms with E-state index >= 15 is 0 Å². The molecular weight excluding hydrogens is 136 g/mol. The Kier molecular flexibility index (Phi) is 2.17. The Balaban J connectivity index is 1.97. The highest BCUT2D eigenvalue weighted by Gasteiger charge is 2.38. The van der Waals surface area contributed by atoms with Crippen LogP contribution in [0, 0.1) is 11.8 Å². The van der Waals surface area contributed by atoms with Crippen LogP contribution in [0.15, 0.2) is 0 Å². The summed E-state index contributed by atoms with van der Waals surface area (Å²) in [4.78, 5) is 0. The molecule has 0 aromatic heterocycles. The molecule has 2 rings (SSSR count). The zero-order chi connectivity index (χ0) is 7.68. The molecule has 64 valence electrons. The van der Waals surface area contributed by atoms with Gasteiger partial charge in [-0.1, -0.05) is 6.42 Å². The van der Waals surface area contributed by atoms with Crippen molar-refractivity contribution in [2.24, 2.45) is 11.8 Å². The third kappa shape index (κ3) is 1.31. The summed E-state index contributed by atoms with van der Waals surface area (Å²) < 4.78 is 5.77. The zero-order valence-corrected chi connectivity index (χ0v) is 7.38. The fourth-order valence-corrected chi connectivity index (χ4v) is 2.87. The molecule has 0 radical (unpaired) electrons. The number of ether oxygens (including phenoxy) is 1. The first-order valence-electron chi connectivity index (χ1n) is 5.03. The van der Waals surface area contributed by atoms with Crippen LogP contribution in [-0.4, -0.2) is 12.7 Å². The summed E-state index contributed by atoms with van der Waals surface area (Å²) in [5.41, 5.74) is 0. The minimum absolute atomic E-state index is 0.647. The summed E-state index contributed by atoms with van der Waals surface area (Å²) in [5.74, 6) is 1.85. The first kappa shape index (κ1) is 7.60. The van der Waals surface area contributed by atoms with Crippen molar-refractivity contribution < 1.29 is 4.74 Å². The molecule has 2 atom stereocenters. The van der Waals surface area contributed by atoms with Gasteiger partial charge in [0.1, 0.15) is 0 Å². The van der Waals surface area contributed by atoms with Gasteiger partial charge in [-0.25, -0.2) is 0 Å². The minimum Gasteiger partial charge on any atom is -0.378 e. The largest absolute Gasteiger partial charge is 0.378 e. The Morgan fingerprint density at radius 1 is 1.09 bits per heavy atom. The van der Waals surface area contributed by atoms with Crippen molar-refractivity contribution in [2.75, 3.05) is 6.61 Å². The third-order valence-corrected chi connectivity index (χ3v) is 3.35. The van der Waals surface area contributed by atoms with Crippen molar-refractivity contribution in [3.63, 3.8) is 0 Å². The van der Waals surface area contributed by atoms with Gasteiger partial charge in [-0.3, -0.25) is 0 Å². The lowest BCUT2D eigenvalue weighted by molar-refractivity contribution is -0.0122. The maximum Gasteiger partial charge on any atom is 0.0631 e. The minimum atomic E-state index is 0.647. The molecule has 0 aromatic carbocycles. The summed E-state index contributed by atoms with van der Waals surface area (Å²) in [7, 11) is 0. The molecule has 1 heteroatoms. The summed E-state index contributed by atoms with van der Waals surface area (Å²) in [5, 5.41) is 0. The van der Waals surface area contributed by atoms with Crippen LogP contribution in [0.5, 0.6) is 0 Å². The van der Waals surface area contributed by atoms with E-state index in [-0.39, 0.29) is 0 Å². The van der Waals surface area contributed by atoms with E-state index in [9.17, 15) is 0 Å². The maximum atomic E-state index is 5.77. The van der Waals surface area contributed by atoms with Gasteiger partial charge in [0.25, 0.3) is 0 Å². The van der Waals surface area contributed by atoms with Crippen molar-refractivity contribution in [3.8, 4) is 0 Å². The molecule has 2 aliphatic carbocycles. The zero-order valence-electron chi connectivity index (χ0n) is 7.38. The molecule has 2 fully saturated rings. The van der Waals surface area contributed by atoms with Crippen molar-refractivity contribution in [1.29, 1.82) is 0 Å². The Morgan fingerprint density at radius 3 is 2.27 bits per heavy atom. The van der Waals surface area contributed by atoms with Crippen molar-refractivity contribution >= 4 is 0 Å². The van der Waals surface area contributed by atoms with E-state index in [0.29, 0.717) is 6.10 Å². The number of hydrogen-bond donors (Lipinski definition) is 0. The topological polar surface area (TPSA) is 9.23 Å². The average molecular weight is 154 g/mol. The van der Waals surface area contributed by atoms with E-state index in [1.54, 1.807) is 0 Å². The molecule has 11 heavy (non-hydrogen) atoms. The van der Waals surface area contributed by atoms with Crippen LogP contribution < -0.4 is 0 Å². The molecule has 0 spiro atoms. The standard InChI is InChI=1S/C10H18O/c1-2-11-10-8-4-3-5-9(10)7-6-8/h8-10H,2-7H2,1H3. The average Bonchev–Trinajstić information content (AvgIpc) is 2.30. The third-order valence-electron chi connectivity index (χ3n) is 3.35. The lowest BCUT2D eigenvalue weighted by Crippen LogP contribution is -2.28. The Hall–Kier alpha value is -0.0400. The predicted molar refractivity (Wildman–Crippen MR) is 45.5 cm³/mol. The molecular formula is C10H18O. The summed E-state index contributed by atoms with van der Waals surface area (Å²) >= 11 is 0. The van der Waals surface area contributed by atoms with Crippen LogP contribution in [0.4, 0.5) is 0 Å². The van der Waals surface area contributed by atoms with Gasteiger partial charge in [-0.2, -0.15) is 0 Å². The van der Waals surface area contributed by atoms with Crippen LogP contribution >= 0.6 is 0 Å². The summed E-state index contributed by atoms with van der Waals surface area (Å²) in [6, 6.07) is 0. The summed E-state index contributed by atoms with van der Waals surface area (Å²) in [6.45, 7) is 3.03. The maximum absolute atomic E-state index is 5.77. The summed E-state index contributed by atoms with van der Waals surface area (Å²) in [6.07, 6.45) is 7.85. The number of hydrogen-bond acceptors (Lipinski definition) is 1. The Morgan fingerprint density at radius 2 is 1.73 bits per heavy atom. The van der Waals surface area contributed by atoms with Gasteiger partial charge in [0.2, 0.25) is 0 Å². The normalized spacial score (nSPS) is 42.8. The second-order valence-corrected chi connectivity index (χ2v) is 3.95. The van der Waals surface area contributed by atoms with Gasteiger partial charge < -0.3 is 4.74 Å². The first-order valence-corrected chi connectivity index (χ1v) is 5.03. The van der Waals surface area contributed by atoms with Crippen LogP contribution in [0.1, 0.15) is 39.0 Å². The second kappa shape index (κ2) is 3.14. The molecule has 2 saturated carbocycles. The van der Waals surface area contributed by atoms with E-state index in [0.717, 1.165) is 18.4 Å². The van der Waals surface area contributed by atoms with Crippen LogP contribution in [0.3, 0.4) is 0 Å². The molecule has 0 heterocycles. The monoisotopic (exact) mass is 154 g/mol. The lowest BCUT2D eigenvalue weighted by atomic mass is 9.86. The van der Waals surface area contributed by atoms with Gasteiger partial charge in [-0.05, 0) is 44.4 Å². The van der Waals surface area contributed by atoms with E-state index in [2.05, 4.69) is 6.92 Å². The van der Waals surface area contributed by atoms with E-state index < -0.39 is 0 Å². The number of fused-ring (bicyclic) bond motifs is 2. The van der Waals surface area contributed by atoms with Crippen molar-refractivity contribution in [1.82, 2.24) is 0 Å². The van der Waals surface area contributed by atoms with E-state index in [1.807, 2.05) is 0 Å². The fourth-order valence-electron chi connectivity index (χ4n) is 2.87. The SMILES string of the molecule is CCOC1C2CCCC1CC2. The van der Waals surface area contributed by atoms with Crippen LogP contribution in [0.2, 0.25) is 0 Å². The fraction of sp³-hybridized carbons (Fsp3) is 1.00. The van der Waals surface area contributed by atoms with Crippen molar-refractivity contribution in [3.05, 3.63) is 0 Å². The lowest BCUT2D eigenvalue weighted by Gasteiger charge is -2.29. The molecule has 0 aromatic rings. The quantitative estimate of drug-likeness (QED) is 0.594. The Labute approximate surface area is 69.1 Å². The molecule has 0 amide bonds. The van der Waals surface area contributed by atoms with Crippen LogP contribution in [0.25, 0.3) is 0 Å². The highest BCUT2D eigenvalue weighted by Crippen LogP contribution is 2.43. The number of rotatable bonds is 2. The van der Waals surface area contributed by atoms with E-state index in [1.165, 1.54) is 32.1 Å². The molecule has 2 aliphatic rings. The second-order valence-electron chi connectivity index (χ2n) is 3.95. The van der Waals surface area contributed by atoms with Gasteiger partial charge in [0.15, 0.2) is 0 Å². The van der Waals surface area contributed by atoms with Gasteiger partial charge in [0.05, 0.1) is 6.10 Å². The molecule has 1 nitrogen and oxygen atoms in total. The smallest absolute Gasteiger partial charge is 0.0631 e. The highest BCUT2D eigenvalue weighted by atomic mass is 16.5. The van der Waals surface area contributed by atoms with Gasteiger partial charge in [-0.15, -0.1) is 0 Å². The molecule has 2 bridgehead atoms. The highest BCUT2D eigenvalue weighted by molar-refractivity contribution is 4.89.